The van der Waals surface area contributed by atoms with Crippen LogP contribution >= 0.6 is 0 Å². The molecule has 0 unspecified atom stereocenters. The largest absolute Gasteiger partial charge is 0.366 e. The molecule has 3 heteroatoms. The standard InChI is InChI=1S/C16H18N2O/c1-12-4-2-3-5-15(12)11-18-10-13-6-8-14(9-7-13)16(17)19/h2-9,18H,10-11H2,1H3,(H2,17,19). The fraction of sp³-hybridized carbons (Fsp3) is 0.188. The van der Waals surface area contributed by atoms with E-state index in [1.807, 2.05) is 24.3 Å². The molecular formula is C16H18N2O. The van der Waals surface area contributed by atoms with Crippen molar-refractivity contribution in [3.8, 4) is 0 Å². The van der Waals surface area contributed by atoms with Gasteiger partial charge in [0.1, 0.15) is 0 Å². The predicted octanol–water partition coefficient (Wildman–Crippen LogP) is 2.38. The maximum absolute atomic E-state index is 11.0. The van der Waals surface area contributed by atoms with Crippen LogP contribution < -0.4 is 11.1 Å². The van der Waals surface area contributed by atoms with E-state index >= 15 is 0 Å². The number of rotatable bonds is 5. The van der Waals surface area contributed by atoms with E-state index in [9.17, 15) is 4.79 Å². The lowest BCUT2D eigenvalue weighted by Gasteiger charge is -2.08. The summed E-state index contributed by atoms with van der Waals surface area (Å²) in [6.45, 7) is 3.72. The van der Waals surface area contributed by atoms with Crippen LogP contribution in [0.25, 0.3) is 0 Å². The highest BCUT2D eigenvalue weighted by atomic mass is 16.1. The van der Waals surface area contributed by atoms with Gasteiger partial charge in [0.05, 0.1) is 0 Å². The summed E-state index contributed by atoms with van der Waals surface area (Å²) in [5, 5.41) is 3.39. The van der Waals surface area contributed by atoms with Crippen LogP contribution in [0.1, 0.15) is 27.0 Å². The molecule has 3 N–H and O–H groups in total. The van der Waals surface area contributed by atoms with Crippen LogP contribution in [0.2, 0.25) is 0 Å². The molecule has 0 aliphatic heterocycles. The minimum absolute atomic E-state index is 0.389. The summed E-state index contributed by atoms with van der Waals surface area (Å²) in [6, 6.07) is 15.7. The Hall–Kier alpha value is -2.13. The Morgan fingerprint density at radius 2 is 1.74 bits per heavy atom. The van der Waals surface area contributed by atoms with Crippen LogP contribution in [0.15, 0.2) is 48.5 Å². The molecule has 3 nitrogen and oxygen atoms in total. The molecule has 0 radical (unpaired) electrons. The van der Waals surface area contributed by atoms with Gasteiger partial charge in [-0.1, -0.05) is 36.4 Å². The third-order valence-electron chi connectivity index (χ3n) is 3.14. The van der Waals surface area contributed by atoms with E-state index in [4.69, 9.17) is 5.73 Å². The summed E-state index contributed by atoms with van der Waals surface area (Å²) in [6.07, 6.45) is 0. The number of nitrogens with one attached hydrogen (secondary N) is 1. The molecule has 1 amide bonds. The Labute approximate surface area is 113 Å². The Morgan fingerprint density at radius 1 is 1.05 bits per heavy atom. The van der Waals surface area contributed by atoms with Crippen molar-refractivity contribution in [3.05, 3.63) is 70.8 Å². The van der Waals surface area contributed by atoms with E-state index < -0.39 is 0 Å². The first-order chi connectivity index (χ1) is 9.16. The summed E-state index contributed by atoms with van der Waals surface area (Å²) < 4.78 is 0. The molecule has 0 saturated heterocycles. The molecule has 0 heterocycles. The Kier molecular flexibility index (Phi) is 4.31. The maximum Gasteiger partial charge on any atom is 0.248 e. The molecule has 0 aliphatic carbocycles. The minimum atomic E-state index is -0.389. The Bertz CT molecular complexity index is 561. The molecule has 98 valence electrons. The highest BCUT2D eigenvalue weighted by Crippen LogP contribution is 2.07. The topological polar surface area (TPSA) is 55.1 Å². The van der Waals surface area contributed by atoms with E-state index in [0.29, 0.717) is 5.56 Å². The van der Waals surface area contributed by atoms with Gasteiger partial charge in [-0.25, -0.2) is 0 Å². The number of hydrogen-bond acceptors (Lipinski definition) is 2. The van der Waals surface area contributed by atoms with Crippen molar-refractivity contribution in [1.82, 2.24) is 5.32 Å². The van der Waals surface area contributed by atoms with Gasteiger partial charge in [-0.2, -0.15) is 0 Å². The SMILES string of the molecule is Cc1ccccc1CNCc1ccc(C(N)=O)cc1. The summed E-state index contributed by atoms with van der Waals surface area (Å²) in [7, 11) is 0. The molecule has 2 rings (SSSR count). The third kappa shape index (κ3) is 3.66. The van der Waals surface area contributed by atoms with Crippen molar-refractivity contribution in [2.24, 2.45) is 5.73 Å². The van der Waals surface area contributed by atoms with Gasteiger partial charge >= 0.3 is 0 Å². The van der Waals surface area contributed by atoms with Gasteiger partial charge in [0.25, 0.3) is 0 Å². The number of carbonyl (C=O) groups is 1. The summed E-state index contributed by atoms with van der Waals surface area (Å²) in [5.41, 5.74) is 9.48. The average molecular weight is 254 g/mol. The lowest BCUT2D eigenvalue weighted by Crippen LogP contribution is -2.14. The number of amides is 1. The van der Waals surface area contributed by atoms with Crippen molar-refractivity contribution in [2.75, 3.05) is 0 Å². The zero-order valence-electron chi connectivity index (χ0n) is 11.0. The van der Waals surface area contributed by atoms with Crippen molar-refractivity contribution in [3.63, 3.8) is 0 Å². The number of nitrogens with two attached hydrogens (primary N) is 1. The third-order valence-corrected chi connectivity index (χ3v) is 3.14. The number of primary amides is 1. The van der Waals surface area contributed by atoms with Crippen LogP contribution in [0, 0.1) is 6.92 Å². The van der Waals surface area contributed by atoms with Gasteiger partial charge in [0.2, 0.25) is 5.91 Å². The predicted molar refractivity (Wildman–Crippen MR) is 76.7 cm³/mol. The number of aryl methyl sites for hydroxylation is 1. The molecule has 2 aromatic carbocycles. The Morgan fingerprint density at radius 3 is 2.37 bits per heavy atom. The fourth-order valence-corrected chi connectivity index (χ4v) is 1.94. The normalized spacial score (nSPS) is 10.4. The van der Waals surface area contributed by atoms with Gasteiger partial charge in [0, 0.05) is 18.7 Å². The number of carbonyl (C=O) groups excluding carboxylic acids is 1. The number of benzene rings is 2. The monoisotopic (exact) mass is 254 g/mol. The van der Waals surface area contributed by atoms with E-state index in [1.54, 1.807) is 12.1 Å². The van der Waals surface area contributed by atoms with Crippen LogP contribution in [-0.2, 0) is 13.1 Å². The lowest BCUT2D eigenvalue weighted by molar-refractivity contribution is 0.100. The first kappa shape index (κ1) is 13.3. The maximum atomic E-state index is 11.0. The first-order valence-electron chi connectivity index (χ1n) is 6.31. The van der Waals surface area contributed by atoms with Gasteiger partial charge in [-0.3, -0.25) is 4.79 Å². The van der Waals surface area contributed by atoms with Crippen LogP contribution in [0.4, 0.5) is 0 Å². The van der Waals surface area contributed by atoms with E-state index in [0.717, 1.165) is 18.7 Å². The highest BCUT2D eigenvalue weighted by molar-refractivity contribution is 5.92. The second-order valence-corrected chi connectivity index (χ2v) is 4.59. The fourth-order valence-electron chi connectivity index (χ4n) is 1.94. The van der Waals surface area contributed by atoms with Gasteiger partial charge in [0.15, 0.2) is 0 Å². The number of hydrogen-bond donors (Lipinski definition) is 2. The smallest absolute Gasteiger partial charge is 0.248 e. The quantitative estimate of drug-likeness (QED) is 0.860. The second-order valence-electron chi connectivity index (χ2n) is 4.59. The minimum Gasteiger partial charge on any atom is -0.366 e. The van der Waals surface area contributed by atoms with Crippen LogP contribution in [-0.4, -0.2) is 5.91 Å². The van der Waals surface area contributed by atoms with Crippen LogP contribution in [0.3, 0.4) is 0 Å². The molecular weight excluding hydrogens is 236 g/mol. The second kappa shape index (κ2) is 6.16. The zero-order chi connectivity index (χ0) is 13.7. The lowest BCUT2D eigenvalue weighted by atomic mass is 10.1. The molecule has 0 aromatic heterocycles. The molecule has 0 atom stereocenters. The molecule has 19 heavy (non-hydrogen) atoms. The molecule has 0 aliphatic rings. The summed E-state index contributed by atoms with van der Waals surface area (Å²) >= 11 is 0. The van der Waals surface area contributed by atoms with Crippen molar-refractivity contribution >= 4 is 5.91 Å². The van der Waals surface area contributed by atoms with E-state index in [1.165, 1.54) is 11.1 Å². The Balaban J connectivity index is 1.89. The summed E-state index contributed by atoms with van der Waals surface area (Å²) in [5.74, 6) is -0.389. The highest BCUT2D eigenvalue weighted by Gasteiger charge is 2.00. The average Bonchev–Trinajstić information content (AvgIpc) is 2.41. The van der Waals surface area contributed by atoms with Gasteiger partial charge in [-0.05, 0) is 35.7 Å². The van der Waals surface area contributed by atoms with Crippen molar-refractivity contribution in [2.45, 2.75) is 20.0 Å². The van der Waals surface area contributed by atoms with E-state index in [-0.39, 0.29) is 5.91 Å². The van der Waals surface area contributed by atoms with E-state index in [2.05, 4.69) is 24.4 Å². The summed E-state index contributed by atoms with van der Waals surface area (Å²) in [4.78, 5) is 11.0. The van der Waals surface area contributed by atoms with Crippen molar-refractivity contribution < 1.29 is 4.79 Å². The zero-order valence-corrected chi connectivity index (χ0v) is 11.0. The van der Waals surface area contributed by atoms with Crippen LogP contribution in [0.5, 0.6) is 0 Å². The molecule has 0 spiro atoms. The van der Waals surface area contributed by atoms with Gasteiger partial charge in [-0.15, -0.1) is 0 Å². The first-order valence-corrected chi connectivity index (χ1v) is 6.31. The molecule has 0 fully saturated rings. The molecule has 0 saturated carbocycles. The van der Waals surface area contributed by atoms with Crippen molar-refractivity contribution in [1.29, 1.82) is 0 Å². The van der Waals surface area contributed by atoms with Gasteiger partial charge < -0.3 is 11.1 Å². The molecule has 0 bridgehead atoms. The molecule has 2 aromatic rings.